The predicted molar refractivity (Wildman–Crippen MR) is 68.3 cm³/mol. The molecule has 0 bridgehead atoms. The Kier molecular flexibility index (Phi) is 4.51. The average molecular weight is 234 g/mol. The summed E-state index contributed by atoms with van der Waals surface area (Å²) in [6.45, 7) is 6.38. The third-order valence-corrected chi connectivity index (χ3v) is 2.72. The van der Waals surface area contributed by atoms with Gasteiger partial charge in [-0.3, -0.25) is 0 Å². The van der Waals surface area contributed by atoms with Gasteiger partial charge in [0.1, 0.15) is 5.82 Å². The molecule has 1 rings (SSSR count). The standard InChI is InChI=1S/C14H19FN2/c1-11-5-6-13(12(15)9-11)17-8-4-7-14(2,3)10-16/h5-6,9,17H,4,7-8H2,1-3H3. The van der Waals surface area contributed by atoms with Crippen LogP contribution in [-0.2, 0) is 0 Å². The summed E-state index contributed by atoms with van der Waals surface area (Å²) >= 11 is 0. The first kappa shape index (κ1) is 13.5. The molecule has 0 saturated heterocycles. The molecule has 0 heterocycles. The molecule has 92 valence electrons. The molecule has 2 nitrogen and oxygen atoms in total. The Hall–Kier alpha value is -1.56. The maximum Gasteiger partial charge on any atom is 0.146 e. The van der Waals surface area contributed by atoms with E-state index in [1.807, 2.05) is 26.8 Å². The van der Waals surface area contributed by atoms with Crippen molar-refractivity contribution >= 4 is 5.69 Å². The van der Waals surface area contributed by atoms with Crippen molar-refractivity contribution in [1.29, 1.82) is 5.26 Å². The lowest BCUT2D eigenvalue weighted by molar-refractivity contribution is 0.441. The van der Waals surface area contributed by atoms with Gasteiger partial charge < -0.3 is 5.32 Å². The molecule has 0 aliphatic rings. The van der Waals surface area contributed by atoms with Crippen LogP contribution in [0.2, 0.25) is 0 Å². The summed E-state index contributed by atoms with van der Waals surface area (Å²) in [5.41, 5.74) is 1.15. The van der Waals surface area contributed by atoms with Crippen molar-refractivity contribution in [2.75, 3.05) is 11.9 Å². The van der Waals surface area contributed by atoms with E-state index in [0.29, 0.717) is 12.2 Å². The SMILES string of the molecule is Cc1ccc(NCCCC(C)(C)C#N)c(F)c1. The largest absolute Gasteiger partial charge is 0.383 e. The summed E-state index contributed by atoms with van der Waals surface area (Å²) in [5, 5.41) is 11.9. The molecule has 17 heavy (non-hydrogen) atoms. The Morgan fingerprint density at radius 1 is 1.41 bits per heavy atom. The molecule has 0 amide bonds. The lowest BCUT2D eigenvalue weighted by Gasteiger charge is -2.15. The van der Waals surface area contributed by atoms with Crippen molar-refractivity contribution in [3.8, 4) is 6.07 Å². The van der Waals surface area contributed by atoms with Gasteiger partial charge in [-0.05, 0) is 51.3 Å². The maximum atomic E-state index is 13.5. The van der Waals surface area contributed by atoms with E-state index in [4.69, 9.17) is 5.26 Å². The fourth-order valence-electron chi connectivity index (χ4n) is 1.57. The number of nitrogens with one attached hydrogen (secondary N) is 1. The van der Waals surface area contributed by atoms with Gasteiger partial charge in [0, 0.05) is 6.54 Å². The van der Waals surface area contributed by atoms with Gasteiger partial charge in [0.05, 0.1) is 17.2 Å². The number of aryl methyl sites for hydroxylation is 1. The van der Waals surface area contributed by atoms with Gasteiger partial charge in [-0.1, -0.05) is 6.07 Å². The van der Waals surface area contributed by atoms with Crippen LogP contribution in [0.25, 0.3) is 0 Å². The fraction of sp³-hybridized carbons (Fsp3) is 0.500. The predicted octanol–water partition coefficient (Wildman–Crippen LogP) is 3.88. The lowest BCUT2D eigenvalue weighted by Crippen LogP contribution is -2.11. The number of rotatable bonds is 5. The number of hydrogen-bond donors (Lipinski definition) is 1. The summed E-state index contributed by atoms with van der Waals surface area (Å²) in [5.74, 6) is -0.218. The number of anilines is 1. The summed E-state index contributed by atoms with van der Waals surface area (Å²) in [6.07, 6.45) is 1.66. The summed E-state index contributed by atoms with van der Waals surface area (Å²) in [4.78, 5) is 0. The van der Waals surface area contributed by atoms with Gasteiger partial charge in [-0.2, -0.15) is 5.26 Å². The molecule has 1 aromatic rings. The fourth-order valence-corrected chi connectivity index (χ4v) is 1.57. The Morgan fingerprint density at radius 3 is 2.71 bits per heavy atom. The van der Waals surface area contributed by atoms with E-state index in [0.717, 1.165) is 18.4 Å². The number of hydrogen-bond acceptors (Lipinski definition) is 2. The van der Waals surface area contributed by atoms with E-state index in [1.54, 1.807) is 6.07 Å². The zero-order valence-corrected chi connectivity index (χ0v) is 10.7. The molecule has 0 fully saturated rings. The smallest absolute Gasteiger partial charge is 0.146 e. The molecule has 1 N–H and O–H groups in total. The molecule has 1 aromatic carbocycles. The third-order valence-electron chi connectivity index (χ3n) is 2.72. The highest BCUT2D eigenvalue weighted by molar-refractivity contribution is 5.45. The molecule has 3 heteroatoms. The summed E-state index contributed by atoms with van der Waals surface area (Å²) < 4.78 is 13.5. The minimum atomic E-state index is -0.298. The average Bonchev–Trinajstić information content (AvgIpc) is 2.27. The van der Waals surface area contributed by atoms with E-state index < -0.39 is 0 Å². The molecule has 0 aliphatic heterocycles. The van der Waals surface area contributed by atoms with Crippen LogP contribution in [-0.4, -0.2) is 6.54 Å². The maximum absolute atomic E-state index is 13.5. The first-order valence-electron chi connectivity index (χ1n) is 5.86. The van der Waals surface area contributed by atoms with Gasteiger partial charge in [0.15, 0.2) is 0 Å². The van der Waals surface area contributed by atoms with Crippen LogP contribution in [0.4, 0.5) is 10.1 Å². The van der Waals surface area contributed by atoms with Crippen molar-refractivity contribution in [2.24, 2.45) is 5.41 Å². The number of nitriles is 1. The number of nitrogens with zero attached hydrogens (tertiary/aromatic N) is 1. The van der Waals surface area contributed by atoms with Crippen LogP contribution in [0.5, 0.6) is 0 Å². The first-order valence-corrected chi connectivity index (χ1v) is 5.86. The van der Waals surface area contributed by atoms with Crippen molar-refractivity contribution < 1.29 is 4.39 Å². The third kappa shape index (κ3) is 4.44. The van der Waals surface area contributed by atoms with E-state index in [-0.39, 0.29) is 11.2 Å². The van der Waals surface area contributed by atoms with Gasteiger partial charge in [-0.25, -0.2) is 4.39 Å². The Labute approximate surface area is 102 Å². The minimum absolute atomic E-state index is 0.218. The number of benzene rings is 1. The molecular weight excluding hydrogens is 215 g/mol. The second kappa shape index (κ2) is 5.67. The molecule has 0 saturated carbocycles. The minimum Gasteiger partial charge on any atom is -0.383 e. The van der Waals surface area contributed by atoms with Crippen molar-refractivity contribution in [3.05, 3.63) is 29.6 Å². The second-order valence-corrected chi connectivity index (χ2v) is 5.01. The van der Waals surface area contributed by atoms with Crippen molar-refractivity contribution in [2.45, 2.75) is 33.6 Å². The van der Waals surface area contributed by atoms with Gasteiger partial charge in [0.2, 0.25) is 0 Å². The highest BCUT2D eigenvalue weighted by Gasteiger charge is 2.15. The van der Waals surface area contributed by atoms with E-state index in [2.05, 4.69) is 11.4 Å². The Balaban J connectivity index is 2.39. The van der Waals surface area contributed by atoms with Crippen molar-refractivity contribution in [3.63, 3.8) is 0 Å². The molecule has 0 atom stereocenters. The van der Waals surface area contributed by atoms with Gasteiger partial charge >= 0.3 is 0 Å². The summed E-state index contributed by atoms with van der Waals surface area (Å²) in [6, 6.07) is 7.40. The zero-order chi connectivity index (χ0) is 12.9. The Morgan fingerprint density at radius 2 is 2.12 bits per heavy atom. The van der Waals surface area contributed by atoms with Crippen LogP contribution in [0, 0.1) is 29.5 Å². The normalized spacial score (nSPS) is 11.0. The molecule has 0 spiro atoms. The summed E-state index contributed by atoms with van der Waals surface area (Å²) in [7, 11) is 0. The van der Waals surface area contributed by atoms with Gasteiger partial charge in [-0.15, -0.1) is 0 Å². The van der Waals surface area contributed by atoms with Crippen molar-refractivity contribution in [1.82, 2.24) is 0 Å². The van der Waals surface area contributed by atoms with Crippen LogP contribution in [0.1, 0.15) is 32.3 Å². The quantitative estimate of drug-likeness (QED) is 0.785. The van der Waals surface area contributed by atoms with Gasteiger partial charge in [0.25, 0.3) is 0 Å². The van der Waals surface area contributed by atoms with E-state index >= 15 is 0 Å². The molecule has 0 aliphatic carbocycles. The Bertz CT molecular complexity index is 419. The van der Waals surface area contributed by atoms with Crippen LogP contribution in [0.15, 0.2) is 18.2 Å². The van der Waals surface area contributed by atoms with Crippen LogP contribution < -0.4 is 5.32 Å². The molecule has 0 radical (unpaired) electrons. The van der Waals surface area contributed by atoms with Crippen LogP contribution in [0.3, 0.4) is 0 Å². The lowest BCUT2D eigenvalue weighted by atomic mass is 9.90. The highest BCUT2D eigenvalue weighted by Crippen LogP contribution is 2.21. The van der Waals surface area contributed by atoms with E-state index in [1.165, 1.54) is 6.07 Å². The molecule has 0 unspecified atom stereocenters. The van der Waals surface area contributed by atoms with E-state index in [9.17, 15) is 4.39 Å². The van der Waals surface area contributed by atoms with Crippen LogP contribution >= 0.6 is 0 Å². The second-order valence-electron chi connectivity index (χ2n) is 5.01. The molecular formula is C14H19FN2. The number of halogens is 1. The monoisotopic (exact) mass is 234 g/mol. The topological polar surface area (TPSA) is 35.8 Å². The molecule has 0 aromatic heterocycles. The highest BCUT2D eigenvalue weighted by atomic mass is 19.1. The first-order chi connectivity index (χ1) is 7.94. The zero-order valence-electron chi connectivity index (χ0n) is 10.7.